The molecule has 3 nitrogen and oxygen atoms in total. The van der Waals surface area contributed by atoms with E-state index in [0.29, 0.717) is 11.8 Å². The van der Waals surface area contributed by atoms with E-state index in [0.717, 1.165) is 26.1 Å². The molecule has 1 saturated carbocycles. The van der Waals surface area contributed by atoms with Gasteiger partial charge in [-0.1, -0.05) is 13.8 Å². The highest BCUT2D eigenvalue weighted by molar-refractivity contribution is 4.94. The molecule has 0 bridgehead atoms. The van der Waals surface area contributed by atoms with Gasteiger partial charge in [0.25, 0.3) is 0 Å². The molecule has 1 aliphatic carbocycles. The van der Waals surface area contributed by atoms with Gasteiger partial charge in [-0.3, -0.25) is 0 Å². The van der Waals surface area contributed by atoms with Gasteiger partial charge in [-0.05, 0) is 18.8 Å². The first-order chi connectivity index (χ1) is 7.02. The van der Waals surface area contributed by atoms with Crippen LogP contribution in [0.2, 0.25) is 0 Å². The lowest BCUT2D eigenvalue weighted by Crippen LogP contribution is -2.36. The molecule has 0 amide bonds. The number of likely N-dealkylation sites (tertiary alicyclic amines) is 1. The third kappa shape index (κ3) is 2.35. The van der Waals surface area contributed by atoms with Gasteiger partial charge in [-0.15, -0.1) is 0 Å². The zero-order chi connectivity index (χ0) is 11.1. The van der Waals surface area contributed by atoms with E-state index in [1.165, 1.54) is 6.42 Å². The van der Waals surface area contributed by atoms with Gasteiger partial charge in [0.05, 0.1) is 6.10 Å². The Labute approximate surface area is 92.1 Å². The Kier molecular flexibility index (Phi) is 3.06. The van der Waals surface area contributed by atoms with Crippen molar-refractivity contribution in [3.63, 3.8) is 0 Å². The van der Waals surface area contributed by atoms with E-state index in [-0.39, 0.29) is 18.1 Å². The largest absolute Gasteiger partial charge is 0.396 e. The number of hydrogen-bond acceptors (Lipinski definition) is 3. The van der Waals surface area contributed by atoms with Gasteiger partial charge in [0, 0.05) is 37.6 Å². The van der Waals surface area contributed by atoms with E-state index in [1.54, 1.807) is 0 Å². The number of fused-ring (bicyclic) bond motifs is 1. The molecule has 88 valence electrons. The van der Waals surface area contributed by atoms with Crippen molar-refractivity contribution in [1.82, 2.24) is 4.90 Å². The Balaban J connectivity index is 1.88. The fourth-order valence-corrected chi connectivity index (χ4v) is 3.11. The first-order valence-corrected chi connectivity index (χ1v) is 6.03. The molecule has 0 aromatic rings. The van der Waals surface area contributed by atoms with Crippen molar-refractivity contribution in [2.75, 3.05) is 26.2 Å². The maximum absolute atomic E-state index is 9.80. The van der Waals surface area contributed by atoms with E-state index in [9.17, 15) is 10.2 Å². The normalized spacial score (nSPS) is 37.2. The van der Waals surface area contributed by atoms with Gasteiger partial charge in [0.1, 0.15) is 0 Å². The second kappa shape index (κ2) is 4.04. The topological polar surface area (TPSA) is 43.7 Å². The van der Waals surface area contributed by atoms with Crippen LogP contribution >= 0.6 is 0 Å². The van der Waals surface area contributed by atoms with Crippen LogP contribution in [0, 0.1) is 17.3 Å². The monoisotopic (exact) mass is 213 g/mol. The van der Waals surface area contributed by atoms with E-state index >= 15 is 0 Å². The molecular weight excluding hydrogens is 190 g/mol. The molecule has 0 aromatic heterocycles. The van der Waals surface area contributed by atoms with Crippen LogP contribution in [0.15, 0.2) is 0 Å². The minimum absolute atomic E-state index is 0.0103. The predicted octanol–water partition coefficient (Wildman–Crippen LogP) is 0.708. The van der Waals surface area contributed by atoms with E-state index in [4.69, 9.17) is 0 Å². The van der Waals surface area contributed by atoms with Crippen molar-refractivity contribution < 1.29 is 10.2 Å². The fraction of sp³-hybridized carbons (Fsp3) is 1.00. The van der Waals surface area contributed by atoms with Crippen LogP contribution in [0.4, 0.5) is 0 Å². The molecule has 1 aliphatic heterocycles. The molecular formula is C12H23NO2. The van der Waals surface area contributed by atoms with Crippen molar-refractivity contribution in [2.24, 2.45) is 17.3 Å². The maximum atomic E-state index is 9.80. The summed E-state index contributed by atoms with van der Waals surface area (Å²) in [4.78, 5) is 2.41. The Morgan fingerprint density at radius 2 is 2.00 bits per heavy atom. The van der Waals surface area contributed by atoms with Crippen molar-refractivity contribution in [2.45, 2.75) is 32.8 Å². The standard InChI is InChI=1S/C12H23NO2/c1-12(2,8-14)7-13-5-9-3-4-11(15)10(9)6-13/h9-11,14-15H,3-8H2,1-2H3. The summed E-state index contributed by atoms with van der Waals surface area (Å²) in [6.45, 7) is 7.51. The summed E-state index contributed by atoms with van der Waals surface area (Å²) < 4.78 is 0. The van der Waals surface area contributed by atoms with Gasteiger partial charge < -0.3 is 15.1 Å². The van der Waals surface area contributed by atoms with Gasteiger partial charge in [-0.25, -0.2) is 0 Å². The van der Waals surface area contributed by atoms with Crippen molar-refractivity contribution in [3.05, 3.63) is 0 Å². The average Bonchev–Trinajstić information content (AvgIpc) is 2.69. The van der Waals surface area contributed by atoms with Crippen LogP contribution in [0.5, 0.6) is 0 Å². The fourth-order valence-electron chi connectivity index (χ4n) is 3.11. The Bertz CT molecular complexity index is 230. The predicted molar refractivity (Wildman–Crippen MR) is 59.5 cm³/mol. The molecule has 3 heteroatoms. The third-order valence-corrected chi connectivity index (χ3v) is 3.97. The first-order valence-electron chi connectivity index (χ1n) is 6.03. The Morgan fingerprint density at radius 3 is 2.60 bits per heavy atom. The van der Waals surface area contributed by atoms with Crippen molar-refractivity contribution in [3.8, 4) is 0 Å². The highest BCUT2D eigenvalue weighted by atomic mass is 16.3. The molecule has 2 fully saturated rings. The van der Waals surface area contributed by atoms with E-state index < -0.39 is 0 Å². The highest BCUT2D eigenvalue weighted by Crippen LogP contribution is 2.38. The minimum Gasteiger partial charge on any atom is -0.396 e. The molecule has 0 radical (unpaired) electrons. The van der Waals surface area contributed by atoms with Crippen LogP contribution < -0.4 is 0 Å². The lowest BCUT2D eigenvalue weighted by molar-refractivity contribution is 0.0952. The van der Waals surface area contributed by atoms with Crippen molar-refractivity contribution >= 4 is 0 Å². The number of rotatable bonds is 3. The van der Waals surface area contributed by atoms with Crippen molar-refractivity contribution in [1.29, 1.82) is 0 Å². The van der Waals surface area contributed by atoms with Crippen LogP contribution in [0.1, 0.15) is 26.7 Å². The van der Waals surface area contributed by atoms with E-state index in [1.807, 2.05) is 0 Å². The smallest absolute Gasteiger partial charge is 0.0583 e. The number of aliphatic hydroxyl groups excluding tert-OH is 2. The van der Waals surface area contributed by atoms with Gasteiger partial charge >= 0.3 is 0 Å². The molecule has 2 aliphatic rings. The van der Waals surface area contributed by atoms with E-state index in [2.05, 4.69) is 18.7 Å². The number of aliphatic hydroxyl groups is 2. The average molecular weight is 213 g/mol. The second-order valence-corrected chi connectivity index (χ2v) is 6.09. The summed E-state index contributed by atoms with van der Waals surface area (Å²) in [5.74, 6) is 1.20. The lowest BCUT2D eigenvalue weighted by atomic mass is 9.94. The van der Waals surface area contributed by atoms with Crippen LogP contribution in [-0.4, -0.2) is 47.5 Å². The first kappa shape index (κ1) is 11.4. The SMILES string of the molecule is CC(C)(CO)CN1CC2CCC(O)C2C1. The highest BCUT2D eigenvalue weighted by Gasteiger charge is 2.42. The quantitative estimate of drug-likeness (QED) is 0.725. The molecule has 2 rings (SSSR count). The summed E-state index contributed by atoms with van der Waals surface area (Å²) >= 11 is 0. The molecule has 3 atom stereocenters. The summed E-state index contributed by atoms with van der Waals surface area (Å²) in [6.07, 6.45) is 2.10. The molecule has 3 unspecified atom stereocenters. The summed E-state index contributed by atoms with van der Waals surface area (Å²) in [5.41, 5.74) is -0.0103. The van der Waals surface area contributed by atoms with Gasteiger partial charge in [-0.2, -0.15) is 0 Å². The van der Waals surface area contributed by atoms with Crippen LogP contribution in [0.25, 0.3) is 0 Å². The lowest BCUT2D eigenvalue weighted by Gasteiger charge is -2.28. The third-order valence-electron chi connectivity index (χ3n) is 3.97. The molecule has 2 N–H and O–H groups in total. The van der Waals surface area contributed by atoms with Crippen LogP contribution in [-0.2, 0) is 0 Å². The molecule has 0 aromatic carbocycles. The zero-order valence-corrected chi connectivity index (χ0v) is 9.82. The molecule has 1 saturated heterocycles. The van der Waals surface area contributed by atoms with Gasteiger partial charge in [0.2, 0.25) is 0 Å². The summed E-state index contributed by atoms with van der Waals surface area (Å²) in [5, 5.41) is 19.0. The molecule has 0 spiro atoms. The molecule has 15 heavy (non-hydrogen) atoms. The Morgan fingerprint density at radius 1 is 1.27 bits per heavy atom. The zero-order valence-electron chi connectivity index (χ0n) is 9.82. The maximum Gasteiger partial charge on any atom is 0.0583 e. The molecule has 1 heterocycles. The minimum atomic E-state index is -0.0720. The van der Waals surface area contributed by atoms with Gasteiger partial charge in [0.15, 0.2) is 0 Å². The number of nitrogens with zero attached hydrogens (tertiary/aromatic N) is 1. The summed E-state index contributed by atoms with van der Waals surface area (Å²) in [7, 11) is 0. The second-order valence-electron chi connectivity index (χ2n) is 6.09. The number of hydrogen-bond donors (Lipinski definition) is 2. The Hall–Kier alpha value is -0.120. The van der Waals surface area contributed by atoms with Crippen LogP contribution in [0.3, 0.4) is 0 Å². The summed E-state index contributed by atoms with van der Waals surface area (Å²) in [6, 6.07) is 0.